The average Bonchev–Trinajstić information content (AvgIpc) is 2.42. The molecule has 0 aliphatic carbocycles. The monoisotopic (exact) mass is 466 g/mol. The molecule has 0 aromatic heterocycles. The van der Waals surface area contributed by atoms with E-state index in [1.807, 2.05) is 0 Å². The van der Waals surface area contributed by atoms with Gasteiger partial charge in [-0.25, -0.2) is 0 Å². The molecule has 0 aliphatic heterocycles. The van der Waals surface area contributed by atoms with Crippen LogP contribution in [0.25, 0.3) is 0 Å². The maximum absolute atomic E-state index is 10.4. The van der Waals surface area contributed by atoms with E-state index in [0.717, 1.165) is 25.7 Å². The summed E-state index contributed by atoms with van der Waals surface area (Å²) in [7, 11) is 0. The van der Waals surface area contributed by atoms with Crippen molar-refractivity contribution >= 4 is 27.3 Å². The number of unbranched alkanes of at least 4 members (excludes halogenated alkanes) is 2. The molecule has 114 valence electrons. The third-order valence-corrected chi connectivity index (χ3v) is 3.56. The van der Waals surface area contributed by atoms with Crippen molar-refractivity contribution < 1.29 is 10.2 Å². The first kappa shape index (κ1) is 24.8. The fourth-order valence-corrected chi connectivity index (χ4v) is 1.80. The zero-order valence-corrected chi connectivity index (χ0v) is 17.4. The molecule has 3 heteroatoms. The van der Waals surface area contributed by atoms with Crippen LogP contribution in [0, 0.1) is 11.8 Å². The second kappa shape index (κ2) is 21.1. The molecule has 0 aromatic rings. The van der Waals surface area contributed by atoms with Gasteiger partial charge in [-0.1, -0.05) is 90.9 Å². The van der Waals surface area contributed by atoms with Crippen LogP contribution in [0.5, 0.6) is 0 Å². The van der Waals surface area contributed by atoms with E-state index in [0.29, 0.717) is 11.8 Å². The number of hydrogen-bond acceptors (Lipinski definition) is 2. The summed E-state index contributed by atoms with van der Waals surface area (Å²) in [6, 6.07) is 0. The molecule has 0 spiro atoms. The first-order valence-electron chi connectivity index (χ1n) is 7.86. The Balaban J connectivity index is -0.000000256. The molecule has 0 amide bonds. The summed E-state index contributed by atoms with van der Waals surface area (Å²) >= 11 is 0. The molecule has 0 saturated heterocycles. The molecule has 19 heavy (non-hydrogen) atoms. The van der Waals surface area contributed by atoms with Gasteiger partial charge in [-0.15, -0.1) is 13.2 Å². The van der Waals surface area contributed by atoms with Crippen LogP contribution < -0.4 is 10.2 Å². The molecule has 0 rings (SSSR count). The first-order valence-corrected chi connectivity index (χ1v) is 7.86. The van der Waals surface area contributed by atoms with Crippen molar-refractivity contribution in [1.82, 2.24) is 0 Å². The molecular weight excluding hydrogens is 431 g/mol. The van der Waals surface area contributed by atoms with Crippen molar-refractivity contribution in [2.45, 2.75) is 79.1 Å². The van der Waals surface area contributed by atoms with Crippen molar-refractivity contribution in [3.8, 4) is 0 Å². The third kappa shape index (κ3) is 18.8. The zero-order chi connectivity index (χ0) is 14.2. The maximum Gasteiger partial charge on any atom is 2.00 e. The normalized spacial score (nSPS) is 12.9. The molecule has 2 nitrogen and oxygen atoms in total. The molecular formula is C16H34O2Pb. The molecule has 0 saturated carbocycles. The Morgan fingerprint density at radius 1 is 0.684 bits per heavy atom. The molecule has 0 fully saturated rings. The van der Waals surface area contributed by atoms with E-state index in [9.17, 15) is 10.2 Å². The van der Waals surface area contributed by atoms with Crippen LogP contribution in [-0.4, -0.2) is 40.5 Å². The van der Waals surface area contributed by atoms with Gasteiger partial charge >= 0.3 is 27.3 Å². The predicted octanol–water partition coefficient (Wildman–Crippen LogP) is 2.75. The van der Waals surface area contributed by atoms with Gasteiger partial charge in [0.15, 0.2) is 0 Å². The van der Waals surface area contributed by atoms with Crippen molar-refractivity contribution in [1.29, 1.82) is 0 Å². The summed E-state index contributed by atoms with van der Waals surface area (Å²) in [5, 5.41) is 20.7. The molecule has 0 heterocycles. The Kier molecular flexibility index (Phi) is 27.6. The van der Waals surface area contributed by atoms with E-state index >= 15 is 0 Å². The van der Waals surface area contributed by atoms with Crippen LogP contribution in [0.4, 0.5) is 0 Å². The fraction of sp³-hybridized carbons (Fsp3) is 1.00. The van der Waals surface area contributed by atoms with Gasteiger partial charge in [0.2, 0.25) is 0 Å². The van der Waals surface area contributed by atoms with E-state index in [1.165, 1.54) is 25.7 Å². The molecule has 2 atom stereocenters. The number of hydrogen-bond donors (Lipinski definition) is 0. The zero-order valence-electron chi connectivity index (χ0n) is 13.5. The minimum absolute atomic E-state index is 0. The van der Waals surface area contributed by atoms with E-state index in [2.05, 4.69) is 27.7 Å². The SMILES string of the molecule is CCCCC(CC)C[O-].CCCCC(CC)C[O-].[Pb+2]. The maximum atomic E-state index is 10.4. The largest absolute Gasteiger partial charge is 2.00 e. The fourth-order valence-electron chi connectivity index (χ4n) is 1.80. The summed E-state index contributed by atoms with van der Waals surface area (Å²) in [4.78, 5) is 0. The molecule has 2 unspecified atom stereocenters. The van der Waals surface area contributed by atoms with Gasteiger partial charge in [-0.05, 0) is 0 Å². The van der Waals surface area contributed by atoms with Crippen molar-refractivity contribution in [2.24, 2.45) is 11.8 Å². The van der Waals surface area contributed by atoms with Gasteiger partial charge in [-0.3, -0.25) is 0 Å². The van der Waals surface area contributed by atoms with E-state index in [4.69, 9.17) is 0 Å². The van der Waals surface area contributed by atoms with E-state index in [-0.39, 0.29) is 40.5 Å². The summed E-state index contributed by atoms with van der Waals surface area (Å²) in [5.74, 6) is 0.898. The molecule has 0 aliphatic rings. The number of rotatable bonds is 10. The van der Waals surface area contributed by atoms with Gasteiger partial charge in [0.25, 0.3) is 0 Å². The third-order valence-electron chi connectivity index (χ3n) is 3.56. The Morgan fingerprint density at radius 3 is 1.16 bits per heavy atom. The standard InChI is InChI=1S/2C8H17O.Pb/c2*1-3-5-6-8(4-2)7-9;/h2*8H,3-7H2,1-2H3;/q2*-1;+2. The summed E-state index contributed by atoms with van der Waals surface area (Å²) < 4.78 is 0. The summed E-state index contributed by atoms with van der Waals surface area (Å²) in [6.07, 6.45) is 9.27. The van der Waals surface area contributed by atoms with Crippen LogP contribution in [0.3, 0.4) is 0 Å². The molecule has 0 bridgehead atoms. The van der Waals surface area contributed by atoms with Gasteiger partial charge in [0, 0.05) is 0 Å². The molecule has 2 radical (unpaired) electrons. The Hall–Kier alpha value is 0.842. The van der Waals surface area contributed by atoms with E-state index in [1.54, 1.807) is 0 Å². The average molecular weight is 466 g/mol. The van der Waals surface area contributed by atoms with Crippen LogP contribution in [0.1, 0.15) is 79.1 Å². The topological polar surface area (TPSA) is 46.1 Å². The van der Waals surface area contributed by atoms with Crippen molar-refractivity contribution in [2.75, 3.05) is 13.2 Å². The van der Waals surface area contributed by atoms with Crippen LogP contribution >= 0.6 is 0 Å². The van der Waals surface area contributed by atoms with Gasteiger partial charge < -0.3 is 10.2 Å². The molecule has 0 N–H and O–H groups in total. The Labute approximate surface area is 141 Å². The smallest absolute Gasteiger partial charge is 0.854 e. The molecule has 0 aromatic carbocycles. The van der Waals surface area contributed by atoms with Gasteiger partial charge in [0.05, 0.1) is 0 Å². The minimum atomic E-state index is 0. The van der Waals surface area contributed by atoms with Crippen LogP contribution in [0.2, 0.25) is 0 Å². The first-order chi connectivity index (χ1) is 8.69. The second-order valence-corrected chi connectivity index (χ2v) is 5.17. The van der Waals surface area contributed by atoms with Crippen molar-refractivity contribution in [3.05, 3.63) is 0 Å². The quantitative estimate of drug-likeness (QED) is 0.466. The van der Waals surface area contributed by atoms with Gasteiger partial charge in [-0.2, -0.15) is 0 Å². The second-order valence-electron chi connectivity index (χ2n) is 5.17. The van der Waals surface area contributed by atoms with Crippen LogP contribution in [0.15, 0.2) is 0 Å². The van der Waals surface area contributed by atoms with E-state index < -0.39 is 0 Å². The Morgan fingerprint density at radius 2 is 1.00 bits per heavy atom. The summed E-state index contributed by atoms with van der Waals surface area (Å²) in [6.45, 7) is 8.76. The van der Waals surface area contributed by atoms with Crippen LogP contribution in [-0.2, 0) is 0 Å². The summed E-state index contributed by atoms with van der Waals surface area (Å²) in [5.41, 5.74) is 0. The predicted molar refractivity (Wildman–Crippen MR) is 82.1 cm³/mol. The van der Waals surface area contributed by atoms with Gasteiger partial charge in [0.1, 0.15) is 0 Å². The van der Waals surface area contributed by atoms with Crippen molar-refractivity contribution in [3.63, 3.8) is 0 Å². The Bertz CT molecular complexity index is 119. The minimum Gasteiger partial charge on any atom is -0.854 e.